The Balaban J connectivity index is 1.67. The van der Waals surface area contributed by atoms with Crippen molar-refractivity contribution in [2.75, 3.05) is 25.0 Å². The number of nitrogens with zero attached hydrogens (tertiary/aromatic N) is 2. The molecule has 0 bridgehead atoms. The van der Waals surface area contributed by atoms with E-state index in [1.165, 1.54) is 32.9 Å². The van der Waals surface area contributed by atoms with E-state index in [-0.39, 0.29) is 19.6 Å². The zero-order valence-corrected chi connectivity index (χ0v) is 17.0. The lowest BCUT2D eigenvalue weighted by molar-refractivity contribution is -0.116. The normalized spacial score (nSPS) is 17.0. The molecule has 0 aromatic heterocycles. The van der Waals surface area contributed by atoms with Gasteiger partial charge in [-0.25, -0.2) is 4.39 Å². The largest absolute Gasteiger partial charge is 0.325 e. The van der Waals surface area contributed by atoms with Crippen molar-refractivity contribution in [3.8, 4) is 0 Å². The summed E-state index contributed by atoms with van der Waals surface area (Å²) in [5.41, 5.74) is 4.67. The molecule has 6 nitrogen and oxygen atoms in total. The van der Waals surface area contributed by atoms with Crippen LogP contribution in [0.1, 0.15) is 22.3 Å². The topological polar surface area (TPSA) is 69.7 Å². The summed E-state index contributed by atoms with van der Waals surface area (Å²) in [4.78, 5) is 12.2. The first-order valence-electron chi connectivity index (χ1n) is 9.04. The maximum atomic E-state index is 12.9. The molecule has 28 heavy (non-hydrogen) atoms. The lowest BCUT2D eigenvalue weighted by Crippen LogP contribution is -2.38. The Morgan fingerprint density at radius 3 is 2.21 bits per heavy atom. The second kappa shape index (κ2) is 7.98. The minimum Gasteiger partial charge on any atom is -0.325 e. The summed E-state index contributed by atoms with van der Waals surface area (Å²) in [5.74, 6) is -0.864. The second-order valence-electron chi connectivity index (χ2n) is 7.11. The Morgan fingerprint density at radius 2 is 1.61 bits per heavy atom. The summed E-state index contributed by atoms with van der Waals surface area (Å²) in [6.07, 6.45) is 0. The summed E-state index contributed by atoms with van der Waals surface area (Å²) < 4.78 is 41.2. The maximum Gasteiger partial charge on any atom is 0.282 e. The van der Waals surface area contributed by atoms with Gasteiger partial charge in [-0.05, 0) is 61.7 Å². The van der Waals surface area contributed by atoms with Gasteiger partial charge in [-0.2, -0.15) is 17.0 Å². The molecule has 1 aliphatic rings. The molecule has 1 fully saturated rings. The van der Waals surface area contributed by atoms with Crippen molar-refractivity contribution < 1.29 is 17.6 Å². The van der Waals surface area contributed by atoms with E-state index in [2.05, 4.69) is 5.32 Å². The molecule has 1 saturated heterocycles. The van der Waals surface area contributed by atoms with Gasteiger partial charge in [0.2, 0.25) is 5.91 Å². The van der Waals surface area contributed by atoms with Crippen LogP contribution in [0.3, 0.4) is 0 Å². The van der Waals surface area contributed by atoms with E-state index in [1.54, 1.807) is 0 Å². The van der Waals surface area contributed by atoms with Crippen molar-refractivity contribution in [2.24, 2.45) is 0 Å². The summed E-state index contributed by atoms with van der Waals surface area (Å²) in [6, 6.07) is 9.41. The molecular formula is C20H24FN3O3S. The lowest BCUT2D eigenvalue weighted by Gasteiger charge is -2.20. The molecule has 0 aliphatic carbocycles. The fraction of sp³-hybridized carbons (Fsp3) is 0.350. The average molecular weight is 405 g/mol. The minimum absolute atomic E-state index is 0.253. The molecule has 1 heterocycles. The van der Waals surface area contributed by atoms with Crippen LogP contribution >= 0.6 is 0 Å². The third-order valence-electron chi connectivity index (χ3n) is 4.87. The van der Waals surface area contributed by atoms with Gasteiger partial charge in [-0.1, -0.05) is 17.7 Å². The third-order valence-corrected chi connectivity index (χ3v) is 6.80. The van der Waals surface area contributed by atoms with E-state index in [0.717, 1.165) is 22.3 Å². The molecule has 1 N–H and O–H groups in total. The van der Waals surface area contributed by atoms with Crippen LogP contribution in [-0.4, -0.2) is 42.6 Å². The van der Waals surface area contributed by atoms with Crippen molar-refractivity contribution in [1.82, 2.24) is 8.61 Å². The van der Waals surface area contributed by atoms with Gasteiger partial charge in [0.15, 0.2) is 0 Å². The minimum atomic E-state index is -3.72. The van der Waals surface area contributed by atoms with Crippen LogP contribution in [0.25, 0.3) is 0 Å². The highest BCUT2D eigenvalue weighted by molar-refractivity contribution is 7.87. The van der Waals surface area contributed by atoms with Crippen LogP contribution in [-0.2, 0) is 21.5 Å². The van der Waals surface area contributed by atoms with Crippen LogP contribution in [0.5, 0.6) is 0 Å². The SMILES string of the molecule is Cc1cc(C)c(CN2CCN(CC(=O)Nc3ccc(F)cc3)S2(=O)=O)c(C)c1. The number of anilines is 1. The molecule has 0 saturated carbocycles. The van der Waals surface area contributed by atoms with Crippen LogP contribution in [0, 0.1) is 26.6 Å². The smallest absolute Gasteiger partial charge is 0.282 e. The van der Waals surface area contributed by atoms with E-state index in [1.807, 2.05) is 32.9 Å². The van der Waals surface area contributed by atoms with E-state index < -0.39 is 21.9 Å². The van der Waals surface area contributed by atoms with Gasteiger partial charge in [-0.3, -0.25) is 4.79 Å². The Morgan fingerprint density at radius 1 is 1.04 bits per heavy atom. The average Bonchev–Trinajstić information content (AvgIpc) is 2.87. The predicted octanol–water partition coefficient (Wildman–Crippen LogP) is 2.75. The molecule has 3 rings (SSSR count). The number of amides is 1. The molecule has 0 atom stereocenters. The van der Waals surface area contributed by atoms with Gasteiger partial charge >= 0.3 is 0 Å². The number of aryl methyl sites for hydroxylation is 3. The van der Waals surface area contributed by atoms with Crippen molar-refractivity contribution in [3.05, 3.63) is 64.5 Å². The van der Waals surface area contributed by atoms with Crippen molar-refractivity contribution in [2.45, 2.75) is 27.3 Å². The first kappa shape index (κ1) is 20.4. The van der Waals surface area contributed by atoms with E-state index in [9.17, 15) is 17.6 Å². The highest BCUT2D eigenvalue weighted by atomic mass is 32.2. The Hall–Kier alpha value is -2.29. The molecule has 0 spiro atoms. The molecular weight excluding hydrogens is 381 g/mol. The first-order chi connectivity index (χ1) is 13.2. The quantitative estimate of drug-likeness (QED) is 0.832. The first-order valence-corrected chi connectivity index (χ1v) is 10.4. The lowest BCUT2D eigenvalue weighted by atomic mass is 10.00. The number of nitrogens with one attached hydrogen (secondary N) is 1. The highest BCUT2D eigenvalue weighted by Gasteiger charge is 2.37. The van der Waals surface area contributed by atoms with Crippen LogP contribution in [0.2, 0.25) is 0 Å². The van der Waals surface area contributed by atoms with Crippen molar-refractivity contribution in [1.29, 1.82) is 0 Å². The Labute approximate surface area is 165 Å². The summed E-state index contributed by atoms with van der Waals surface area (Å²) in [6.45, 7) is 6.57. The third kappa shape index (κ3) is 4.40. The summed E-state index contributed by atoms with van der Waals surface area (Å²) >= 11 is 0. The number of carbonyl (C=O) groups excluding carboxylic acids is 1. The summed E-state index contributed by atoms with van der Waals surface area (Å²) in [5, 5.41) is 2.59. The van der Waals surface area contributed by atoms with E-state index >= 15 is 0 Å². The number of rotatable bonds is 5. The number of hydrogen-bond acceptors (Lipinski definition) is 3. The second-order valence-corrected chi connectivity index (χ2v) is 9.04. The molecule has 150 valence electrons. The van der Waals surface area contributed by atoms with Crippen LogP contribution in [0.4, 0.5) is 10.1 Å². The van der Waals surface area contributed by atoms with Crippen LogP contribution in [0.15, 0.2) is 36.4 Å². The van der Waals surface area contributed by atoms with Crippen LogP contribution < -0.4 is 5.32 Å². The fourth-order valence-corrected chi connectivity index (χ4v) is 4.99. The van der Waals surface area contributed by atoms with Gasteiger partial charge < -0.3 is 5.32 Å². The Bertz CT molecular complexity index is 967. The number of hydrogen-bond donors (Lipinski definition) is 1. The zero-order valence-electron chi connectivity index (χ0n) is 16.2. The van der Waals surface area contributed by atoms with E-state index in [0.29, 0.717) is 12.2 Å². The monoisotopic (exact) mass is 405 g/mol. The fourth-order valence-electron chi connectivity index (χ4n) is 3.47. The number of benzene rings is 2. The molecule has 1 aliphatic heterocycles. The zero-order chi connectivity index (χ0) is 20.5. The molecule has 0 unspecified atom stereocenters. The molecule has 2 aromatic carbocycles. The molecule has 0 radical (unpaired) electrons. The predicted molar refractivity (Wildman–Crippen MR) is 107 cm³/mol. The number of halogens is 1. The highest BCUT2D eigenvalue weighted by Crippen LogP contribution is 2.24. The van der Waals surface area contributed by atoms with Gasteiger partial charge in [0, 0.05) is 25.3 Å². The van der Waals surface area contributed by atoms with Crippen molar-refractivity contribution in [3.63, 3.8) is 0 Å². The van der Waals surface area contributed by atoms with Gasteiger partial charge in [0.1, 0.15) is 5.82 Å². The Kier molecular flexibility index (Phi) is 5.83. The van der Waals surface area contributed by atoms with Gasteiger partial charge in [0.25, 0.3) is 10.2 Å². The van der Waals surface area contributed by atoms with E-state index in [4.69, 9.17) is 0 Å². The number of carbonyl (C=O) groups is 1. The van der Waals surface area contributed by atoms with Gasteiger partial charge in [-0.15, -0.1) is 0 Å². The maximum absolute atomic E-state index is 12.9. The standard InChI is InChI=1S/C20H24FN3O3S/c1-14-10-15(2)19(16(3)11-14)12-23-8-9-24(28(23,26)27)13-20(25)22-18-6-4-17(21)5-7-18/h4-7,10-11H,8-9,12-13H2,1-3H3,(H,22,25). The molecule has 1 amide bonds. The van der Waals surface area contributed by atoms with Crippen molar-refractivity contribution >= 4 is 21.8 Å². The molecule has 8 heteroatoms. The summed E-state index contributed by atoms with van der Waals surface area (Å²) in [7, 11) is -3.72. The molecule has 2 aromatic rings. The van der Waals surface area contributed by atoms with Gasteiger partial charge in [0.05, 0.1) is 6.54 Å².